The summed E-state index contributed by atoms with van der Waals surface area (Å²) in [4.78, 5) is 4.15. The number of rotatable bonds is 3. The lowest BCUT2D eigenvalue weighted by Crippen LogP contribution is -2.14. The van der Waals surface area contributed by atoms with Crippen LogP contribution in [-0.4, -0.2) is 23.6 Å². The standard InChI is InChI=1S/C11H10N4O2S2/c1-7-4-9-8(6-13-14-9)5-10(7)19(16,17)15-11-12-2-3-18-11/h2-6H,1H3,(H,12,15)(H,13,14). The largest absolute Gasteiger partial charge is 0.278 e. The maximum Gasteiger partial charge on any atom is 0.263 e. The van der Waals surface area contributed by atoms with Crippen molar-refractivity contribution in [3.8, 4) is 0 Å². The van der Waals surface area contributed by atoms with Crippen LogP contribution < -0.4 is 4.72 Å². The predicted octanol–water partition coefficient (Wildman–Crippen LogP) is 2.13. The molecule has 0 spiro atoms. The highest BCUT2D eigenvalue weighted by molar-refractivity contribution is 7.93. The van der Waals surface area contributed by atoms with Gasteiger partial charge in [-0.2, -0.15) is 5.10 Å². The number of aromatic amines is 1. The summed E-state index contributed by atoms with van der Waals surface area (Å²) in [5, 5.41) is 9.52. The van der Waals surface area contributed by atoms with Crippen LogP contribution in [0.15, 0.2) is 34.8 Å². The van der Waals surface area contributed by atoms with E-state index in [1.807, 2.05) is 0 Å². The van der Waals surface area contributed by atoms with Gasteiger partial charge in [0.05, 0.1) is 16.6 Å². The third-order valence-electron chi connectivity index (χ3n) is 2.68. The molecule has 0 bridgehead atoms. The van der Waals surface area contributed by atoms with Gasteiger partial charge in [-0.15, -0.1) is 11.3 Å². The lowest BCUT2D eigenvalue weighted by molar-refractivity contribution is 0.600. The summed E-state index contributed by atoms with van der Waals surface area (Å²) in [6, 6.07) is 3.36. The van der Waals surface area contributed by atoms with Crippen molar-refractivity contribution in [3.05, 3.63) is 35.5 Å². The van der Waals surface area contributed by atoms with Crippen molar-refractivity contribution in [2.45, 2.75) is 11.8 Å². The van der Waals surface area contributed by atoms with Gasteiger partial charge in [0.25, 0.3) is 10.0 Å². The van der Waals surface area contributed by atoms with E-state index in [2.05, 4.69) is 19.9 Å². The second kappa shape index (κ2) is 4.32. The molecule has 0 radical (unpaired) electrons. The van der Waals surface area contributed by atoms with Crippen LogP contribution >= 0.6 is 11.3 Å². The molecule has 19 heavy (non-hydrogen) atoms. The minimum absolute atomic E-state index is 0.233. The van der Waals surface area contributed by atoms with Gasteiger partial charge in [-0.1, -0.05) is 0 Å². The molecule has 0 saturated heterocycles. The molecule has 0 aliphatic heterocycles. The minimum atomic E-state index is -3.63. The van der Waals surface area contributed by atoms with Crippen LogP contribution in [0.3, 0.4) is 0 Å². The van der Waals surface area contributed by atoms with Crippen LogP contribution in [-0.2, 0) is 10.0 Å². The molecular formula is C11H10N4O2S2. The summed E-state index contributed by atoms with van der Waals surface area (Å²) in [5.41, 5.74) is 1.46. The zero-order chi connectivity index (χ0) is 13.5. The molecule has 0 fully saturated rings. The van der Waals surface area contributed by atoms with Gasteiger partial charge >= 0.3 is 0 Å². The molecule has 2 N–H and O–H groups in total. The molecular weight excluding hydrogens is 284 g/mol. The topological polar surface area (TPSA) is 87.7 Å². The Morgan fingerprint density at radius 3 is 2.95 bits per heavy atom. The number of anilines is 1. The number of thiazole rings is 1. The van der Waals surface area contributed by atoms with Crippen LogP contribution in [0.2, 0.25) is 0 Å². The summed E-state index contributed by atoms with van der Waals surface area (Å²) in [6.45, 7) is 1.75. The predicted molar refractivity (Wildman–Crippen MR) is 73.8 cm³/mol. The summed E-state index contributed by atoms with van der Waals surface area (Å²) in [7, 11) is -3.63. The molecule has 3 aromatic rings. The lowest BCUT2D eigenvalue weighted by Gasteiger charge is -2.08. The van der Waals surface area contributed by atoms with Crippen molar-refractivity contribution < 1.29 is 8.42 Å². The molecule has 6 nitrogen and oxygen atoms in total. The number of benzene rings is 1. The number of hydrogen-bond acceptors (Lipinski definition) is 5. The first-order valence-electron chi connectivity index (χ1n) is 5.42. The molecule has 2 heterocycles. The average Bonchev–Trinajstić information content (AvgIpc) is 2.97. The zero-order valence-corrected chi connectivity index (χ0v) is 11.5. The van der Waals surface area contributed by atoms with Crippen molar-refractivity contribution in [1.82, 2.24) is 15.2 Å². The second-order valence-corrected chi connectivity index (χ2v) is 6.56. The third kappa shape index (κ3) is 2.20. The summed E-state index contributed by atoms with van der Waals surface area (Å²) in [5.74, 6) is 0. The van der Waals surface area contributed by atoms with Gasteiger partial charge in [0.2, 0.25) is 0 Å². The second-order valence-electron chi connectivity index (χ2n) is 4.02. The van der Waals surface area contributed by atoms with E-state index in [1.165, 1.54) is 11.3 Å². The number of fused-ring (bicyclic) bond motifs is 1. The molecule has 2 aromatic heterocycles. The molecule has 0 amide bonds. The van der Waals surface area contributed by atoms with Crippen LogP contribution in [0.1, 0.15) is 5.56 Å². The Bertz CT molecular complexity index is 822. The number of nitrogens with zero attached hydrogens (tertiary/aromatic N) is 2. The van der Waals surface area contributed by atoms with Gasteiger partial charge in [0.15, 0.2) is 5.13 Å². The quantitative estimate of drug-likeness (QED) is 0.774. The highest BCUT2D eigenvalue weighted by Crippen LogP contribution is 2.24. The first kappa shape index (κ1) is 12.1. The number of hydrogen-bond donors (Lipinski definition) is 2. The van der Waals surface area contributed by atoms with Gasteiger partial charge in [-0.05, 0) is 24.6 Å². The van der Waals surface area contributed by atoms with Crippen molar-refractivity contribution in [1.29, 1.82) is 0 Å². The maximum absolute atomic E-state index is 12.3. The van der Waals surface area contributed by atoms with E-state index in [-0.39, 0.29) is 4.90 Å². The molecule has 0 aliphatic carbocycles. The molecule has 0 aliphatic rings. The van der Waals surface area contributed by atoms with E-state index < -0.39 is 10.0 Å². The minimum Gasteiger partial charge on any atom is -0.278 e. The molecule has 8 heteroatoms. The Labute approximate surface area is 113 Å². The van der Waals surface area contributed by atoms with E-state index in [9.17, 15) is 8.42 Å². The van der Waals surface area contributed by atoms with E-state index in [0.29, 0.717) is 10.7 Å². The number of H-pyrrole nitrogens is 1. The van der Waals surface area contributed by atoms with E-state index >= 15 is 0 Å². The van der Waals surface area contributed by atoms with Crippen LogP contribution in [0.5, 0.6) is 0 Å². The fourth-order valence-electron chi connectivity index (χ4n) is 1.81. The highest BCUT2D eigenvalue weighted by atomic mass is 32.2. The van der Waals surface area contributed by atoms with Gasteiger partial charge in [-0.25, -0.2) is 13.4 Å². The van der Waals surface area contributed by atoms with E-state index in [1.54, 1.807) is 36.8 Å². The Balaban J connectivity index is 2.09. The Morgan fingerprint density at radius 2 is 2.21 bits per heavy atom. The molecule has 1 aromatic carbocycles. The van der Waals surface area contributed by atoms with Crippen LogP contribution in [0.25, 0.3) is 10.9 Å². The third-order valence-corrected chi connectivity index (χ3v) is 4.98. The molecule has 0 atom stereocenters. The molecule has 3 rings (SSSR count). The maximum atomic E-state index is 12.3. The van der Waals surface area contributed by atoms with Gasteiger partial charge in [0.1, 0.15) is 0 Å². The smallest absolute Gasteiger partial charge is 0.263 e. The first-order chi connectivity index (χ1) is 9.06. The van der Waals surface area contributed by atoms with Crippen molar-refractivity contribution in [2.24, 2.45) is 0 Å². The average molecular weight is 294 g/mol. The molecule has 98 valence electrons. The SMILES string of the molecule is Cc1cc2[nH]ncc2cc1S(=O)(=O)Nc1nccs1. The Hall–Kier alpha value is -1.93. The van der Waals surface area contributed by atoms with E-state index in [0.717, 1.165) is 10.9 Å². The van der Waals surface area contributed by atoms with Gasteiger partial charge in [0, 0.05) is 17.0 Å². The van der Waals surface area contributed by atoms with Gasteiger partial charge < -0.3 is 0 Å². The number of aromatic nitrogens is 3. The zero-order valence-electron chi connectivity index (χ0n) is 9.91. The van der Waals surface area contributed by atoms with Crippen molar-refractivity contribution in [3.63, 3.8) is 0 Å². The van der Waals surface area contributed by atoms with E-state index in [4.69, 9.17) is 0 Å². The van der Waals surface area contributed by atoms with Gasteiger partial charge in [-0.3, -0.25) is 9.82 Å². The highest BCUT2D eigenvalue weighted by Gasteiger charge is 2.19. The normalized spacial score (nSPS) is 11.8. The van der Waals surface area contributed by atoms with Crippen LogP contribution in [0, 0.1) is 6.92 Å². The fraction of sp³-hybridized carbons (Fsp3) is 0.0909. The number of aryl methyl sites for hydroxylation is 1. The number of nitrogens with one attached hydrogen (secondary N) is 2. The Kier molecular flexibility index (Phi) is 2.76. The summed E-state index contributed by atoms with van der Waals surface area (Å²) < 4.78 is 27.1. The van der Waals surface area contributed by atoms with Crippen molar-refractivity contribution >= 4 is 37.4 Å². The fourth-order valence-corrected chi connectivity index (χ4v) is 3.86. The summed E-state index contributed by atoms with van der Waals surface area (Å²) >= 11 is 1.24. The molecule has 0 saturated carbocycles. The first-order valence-corrected chi connectivity index (χ1v) is 7.78. The number of sulfonamides is 1. The van der Waals surface area contributed by atoms with Crippen molar-refractivity contribution in [2.75, 3.05) is 4.72 Å². The molecule has 0 unspecified atom stereocenters. The van der Waals surface area contributed by atoms with Crippen LogP contribution in [0.4, 0.5) is 5.13 Å². The lowest BCUT2D eigenvalue weighted by atomic mass is 10.2. The summed E-state index contributed by atoms with van der Waals surface area (Å²) in [6.07, 6.45) is 3.14. The monoisotopic (exact) mass is 294 g/mol. The Morgan fingerprint density at radius 1 is 1.37 bits per heavy atom.